The van der Waals surface area contributed by atoms with Gasteiger partial charge < -0.3 is 0 Å². The van der Waals surface area contributed by atoms with Crippen LogP contribution in [0.1, 0.15) is 42.6 Å². The number of aromatic nitrogens is 2. The van der Waals surface area contributed by atoms with E-state index in [1.807, 2.05) is 30.4 Å². The molecular formula is C20H16ClN3. The quantitative estimate of drug-likeness (QED) is 0.338. The Kier molecular flexibility index (Phi) is 6.85. The molecule has 0 aromatic carbocycles. The van der Waals surface area contributed by atoms with E-state index in [-0.39, 0.29) is 5.28 Å². The van der Waals surface area contributed by atoms with E-state index in [1.165, 1.54) is 0 Å². The third-order valence-electron chi connectivity index (χ3n) is 3.31. The maximum Gasteiger partial charge on any atom is 0.223 e. The summed E-state index contributed by atoms with van der Waals surface area (Å²) >= 11 is 6.03. The Balaban J connectivity index is 2.21. The fraction of sp³-hybridized carbons (Fsp3) is 0.250. The lowest BCUT2D eigenvalue weighted by atomic mass is 10.0. The summed E-state index contributed by atoms with van der Waals surface area (Å²) in [6, 6.07) is 2.19. The summed E-state index contributed by atoms with van der Waals surface area (Å²) < 4.78 is 0. The van der Waals surface area contributed by atoms with E-state index >= 15 is 0 Å². The van der Waals surface area contributed by atoms with Crippen molar-refractivity contribution in [1.29, 1.82) is 5.26 Å². The van der Waals surface area contributed by atoms with Gasteiger partial charge in [-0.25, -0.2) is 9.97 Å². The lowest BCUT2D eigenvalue weighted by Gasteiger charge is -2.08. The van der Waals surface area contributed by atoms with Crippen LogP contribution in [0.15, 0.2) is 30.4 Å². The number of unbranched alkanes of at least 4 members (excludes halogenated alkanes) is 1. The summed E-state index contributed by atoms with van der Waals surface area (Å²) in [5.74, 6) is 8.64. The third kappa shape index (κ3) is 4.85. The van der Waals surface area contributed by atoms with Gasteiger partial charge in [0.2, 0.25) is 5.28 Å². The molecule has 0 bridgehead atoms. The van der Waals surface area contributed by atoms with Crippen LogP contribution < -0.4 is 0 Å². The molecule has 0 saturated heterocycles. The number of halogens is 1. The molecule has 118 valence electrons. The van der Waals surface area contributed by atoms with E-state index in [1.54, 1.807) is 0 Å². The number of hydrogen-bond acceptors (Lipinski definition) is 3. The number of nitrogens with zero attached hydrogens (tertiary/aromatic N) is 3. The normalized spacial score (nSPS) is 13.2. The van der Waals surface area contributed by atoms with E-state index in [0.29, 0.717) is 23.4 Å². The van der Waals surface area contributed by atoms with Crippen LogP contribution in [0.3, 0.4) is 0 Å². The SMILES string of the molecule is C#CCC/C=C\C=C/Cc1nc(Cl)nc(C2=CCCC#C2)c1C#N. The standard InChI is InChI=1S/C20H16ClN3/c1-2-3-4-5-6-7-11-14-18-17(15-22)19(24-20(21)23-18)16-12-9-8-10-13-16/h1,5-7,11-12H,3-4,8-9,14H2/b6-5-,11-7-. The zero-order valence-electron chi connectivity index (χ0n) is 13.2. The van der Waals surface area contributed by atoms with Crippen molar-refractivity contribution in [2.45, 2.75) is 32.1 Å². The van der Waals surface area contributed by atoms with E-state index in [4.69, 9.17) is 18.0 Å². The molecule has 0 aliphatic heterocycles. The molecule has 1 aliphatic carbocycles. The average molecular weight is 334 g/mol. The molecule has 2 rings (SSSR count). The fourth-order valence-electron chi connectivity index (χ4n) is 2.19. The molecule has 3 nitrogen and oxygen atoms in total. The summed E-state index contributed by atoms with van der Waals surface area (Å²) in [6.45, 7) is 0. The molecule has 0 atom stereocenters. The average Bonchev–Trinajstić information content (AvgIpc) is 2.61. The Hall–Kier alpha value is -2.80. The Bertz CT molecular complexity index is 837. The van der Waals surface area contributed by atoms with Gasteiger partial charge in [0.25, 0.3) is 0 Å². The molecule has 0 unspecified atom stereocenters. The largest absolute Gasteiger partial charge is 0.223 e. The van der Waals surface area contributed by atoms with Crippen LogP contribution in [0.5, 0.6) is 0 Å². The molecule has 0 spiro atoms. The van der Waals surface area contributed by atoms with Gasteiger partial charge in [-0.05, 0) is 24.4 Å². The van der Waals surface area contributed by atoms with Gasteiger partial charge >= 0.3 is 0 Å². The van der Waals surface area contributed by atoms with Crippen LogP contribution >= 0.6 is 11.6 Å². The predicted molar refractivity (Wildman–Crippen MR) is 96.8 cm³/mol. The minimum Gasteiger partial charge on any atom is -0.221 e. The second-order valence-corrected chi connectivity index (χ2v) is 5.37. The monoisotopic (exact) mass is 333 g/mol. The van der Waals surface area contributed by atoms with Gasteiger partial charge in [0.15, 0.2) is 0 Å². The highest BCUT2D eigenvalue weighted by atomic mass is 35.5. The van der Waals surface area contributed by atoms with E-state index in [0.717, 1.165) is 31.3 Å². The molecule has 0 radical (unpaired) electrons. The van der Waals surface area contributed by atoms with E-state index in [9.17, 15) is 5.26 Å². The fourth-order valence-corrected chi connectivity index (χ4v) is 2.38. The van der Waals surface area contributed by atoms with Gasteiger partial charge in [-0.3, -0.25) is 0 Å². The molecule has 0 fully saturated rings. The van der Waals surface area contributed by atoms with Crippen molar-refractivity contribution in [1.82, 2.24) is 9.97 Å². The number of rotatable bonds is 6. The highest BCUT2D eigenvalue weighted by Gasteiger charge is 2.16. The first-order chi connectivity index (χ1) is 11.8. The second-order valence-electron chi connectivity index (χ2n) is 5.04. The van der Waals surface area contributed by atoms with Crippen molar-refractivity contribution >= 4 is 17.2 Å². The summed E-state index contributed by atoms with van der Waals surface area (Å²) in [5.41, 5.74) is 2.32. The number of allylic oxidation sites excluding steroid dienone is 6. The molecule has 1 aromatic heterocycles. The highest BCUT2D eigenvalue weighted by Crippen LogP contribution is 2.23. The first-order valence-electron chi connectivity index (χ1n) is 7.67. The van der Waals surface area contributed by atoms with Gasteiger partial charge in [0.05, 0.1) is 5.69 Å². The van der Waals surface area contributed by atoms with Crippen molar-refractivity contribution in [3.8, 4) is 30.3 Å². The van der Waals surface area contributed by atoms with Crippen LogP contribution in [0.4, 0.5) is 0 Å². The minimum absolute atomic E-state index is 0.130. The molecule has 0 N–H and O–H groups in total. The zero-order chi connectivity index (χ0) is 17.2. The molecule has 0 saturated carbocycles. The molecule has 1 aromatic rings. The number of nitriles is 1. The maximum atomic E-state index is 9.52. The molecule has 0 amide bonds. The molecule has 1 heterocycles. The van der Waals surface area contributed by atoms with Crippen LogP contribution in [0, 0.1) is 35.5 Å². The van der Waals surface area contributed by atoms with E-state index in [2.05, 4.69) is 33.8 Å². The van der Waals surface area contributed by atoms with Crippen molar-refractivity contribution in [3.63, 3.8) is 0 Å². The molecular weight excluding hydrogens is 318 g/mol. The molecule has 1 aliphatic rings. The first kappa shape index (κ1) is 17.6. The van der Waals surface area contributed by atoms with Gasteiger partial charge in [-0.1, -0.05) is 42.2 Å². The van der Waals surface area contributed by atoms with Gasteiger partial charge in [0, 0.05) is 24.8 Å². The van der Waals surface area contributed by atoms with Crippen molar-refractivity contribution in [2.75, 3.05) is 0 Å². The lowest BCUT2D eigenvalue weighted by molar-refractivity contribution is 1.02. The zero-order valence-corrected chi connectivity index (χ0v) is 14.0. The smallest absolute Gasteiger partial charge is 0.221 e. The van der Waals surface area contributed by atoms with Crippen molar-refractivity contribution < 1.29 is 0 Å². The van der Waals surface area contributed by atoms with Crippen LogP contribution in [0.2, 0.25) is 5.28 Å². The number of terminal acetylenes is 1. The Morgan fingerprint density at radius 3 is 2.88 bits per heavy atom. The number of hydrogen-bond donors (Lipinski definition) is 0. The Morgan fingerprint density at radius 1 is 1.33 bits per heavy atom. The highest BCUT2D eigenvalue weighted by molar-refractivity contribution is 6.28. The molecule has 24 heavy (non-hydrogen) atoms. The Morgan fingerprint density at radius 2 is 2.17 bits per heavy atom. The lowest BCUT2D eigenvalue weighted by Crippen LogP contribution is -2.04. The van der Waals surface area contributed by atoms with Crippen molar-refractivity contribution in [3.05, 3.63) is 52.6 Å². The Labute approximate surface area is 147 Å². The first-order valence-corrected chi connectivity index (χ1v) is 8.05. The van der Waals surface area contributed by atoms with Crippen LogP contribution in [-0.4, -0.2) is 9.97 Å². The second kappa shape index (κ2) is 9.36. The topological polar surface area (TPSA) is 49.6 Å². The summed E-state index contributed by atoms with van der Waals surface area (Å²) in [7, 11) is 0. The molecule has 4 heteroatoms. The third-order valence-corrected chi connectivity index (χ3v) is 3.48. The van der Waals surface area contributed by atoms with Gasteiger partial charge in [-0.15, -0.1) is 12.3 Å². The summed E-state index contributed by atoms with van der Waals surface area (Å²) in [6.07, 6.45) is 18.7. The predicted octanol–water partition coefficient (Wildman–Crippen LogP) is 4.25. The minimum atomic E-state index is 0.130. The van der Waals surface area contributed by atoms with Crippen LogP contribution in [-0.2, 0) is 6.42 Å². The van der Waals surface area contributed by atoms with E-state index < -0.39 is 0 Å². The maximum absolute atomic E-state index is 9.52. The summed E-state index contributed by atoms with van der Waals surface area (Å²) in [4.78, 5) is 8.41. The van der Waals surface area contributed by atoms with Gasteiger partial charge in [-0.2, -0.15) is 5.26 Å². The van der Waals surface area contributed by atoms with Crippen molar-refractivity contribution in [2.24, 2.45) is 0 Å². The van der Waals surface area contributed by atoms with Crippen LogP contribution in [0.25, 0.3) is 5.57 Å². The van der Waals surface area contributed by atoms with Gasteiger partial charge in [0.1, 0.15) is 17.3 Å². The summed E-state index contributed by atoms with van der Waals surface area (Å²) in [5, 5.41) is 9.65.